The number of fused-ring (bicyclic) bond motifs is 2. The van der Waals surface area contributed by atoms with E-state index < -0.39 is 11.9 Å². The molecule has 2 aliphatic carbocycles. The number of amides is 1. The predicted octanol–water partition coefficient (Wildman–Crippen LogP) is 11.0. The number of ether oxygens (including phenoxy) is 1. The molecule has 4 aliphatic heterocycles. The Hall–Kier alpha value is -3.92. The van der Waals surface area contributed by atoms with Gasteiger partial charge in [-0.2, -0.15) is 0 Å². The number of anilines is 2. The van der Waals surface area contributed by atoms with E-state index in [2.05, 4.69) is 132 Å². The van der Waals surface area contributed by atoms with Crippen molar-refractivity contribution in [2.75, 3.05) is 62.2 Å². The first-order chi connectivity index (χ1) is 34.0. The number of esters is 2. The minimum Gasteiger partial charge on any atom is -0.394 e. The lowest BCUT2D eigenvalue weighted by Crippen LogP contribution is -2.45. The lowest BCUT2D eigenvalue weighted by atomic mass is 9.63. The number of carbonyl (C=O) groups is 3. The molecule has 4 fully saturated rings. The maximum atomic E-state index is 11.4. The summed E-state index contributed by atoms with van der Waals surface area (Å²) in [6.45, 7) is 31.8. The number of rotatable bonds is 7. The van der Waals surface area contributed by atoms with Crippen LogP contribution in [0.15, 0.2) is 47.2 Å². The van der Waals surface area contributed by atoms with E-state index in [0.717, 1.165) is 75.2 Å². The number of aromatic nitrogens is 2. The third-order valence-electron chi connectivity index (χ3n) is 17.0. The van der Waals surface area contributed by atoms with Crippen LogP contribution in [0.25, 0.3) is 22.5 Å². The van der Waals surface area contributed by atoms with Crippen LogP contribution < -0.4 is 20.9 Å². The van der Waals surface area contributed by atoms with Crippen molar-refractivity contribution in [3.8, 4) is 22.5 Å². The summed E-state index contributed by atoms with van der Waals surface area (Å²) in [5.74, 6) is -1.03. The molecule has 6 aliphatic rings. The Bertz CT molecular complexity index is 2540. The predicted molar refractivity (Wildman–Crippen MR) is 304 cm³/mol. The summed E-state index contributed by atoms with van der Waals surface area (Å²) in [6, 6.07) is 16.2. The number of nitrogens with one attached hydrogen (secondary N) is 1. The van der Waals surface area contributed by atoms with Crippen LogP contribution in [0.3, 0.4) is 0 Å². The van der Waals surface area contributed by atoms with Gasteiger partial charge in [-0.3, -0.25) is 24.2 Å². The fourth-order valence-corrected chi connectivity index (χ4v) is 14.1. The van der Waals surface area contributed by atoms with Crippen LogP contribution in [0.2, 0.25) is 0 Å². The van der Waals surface area contributed by atoms with E-state index in [1.54, 1.807) is 29.6 Å². The number of thiazole rings is 2. The zero-order chi connectivity index (χ0) is 51.8. The van der Waals surface area contributed by atoms with E-state index in [1.807, 2.05) is 0 Å². The molecule has 3 N–H and O–H groups in total. The third-order valence-corrected chi connectivity index (χ3v) is 18.8. The Balaban J connectivity index is 0.000000187. The molecule has 2 atom stereocenters. The average Bonchev–Trinajstić information content (AvgIpc) is 4.18. The molecular weight excluding hydrogens is 972 g/mol. The normalized spacial score (nSPS) is 23.4. The van der Waals surface area contributed by atoms with Gasteiger partial charge in [-0.15, -0.1) is 35.1 Å². The molecule has 4 saturated heterocycles. The summed E-state index contributed by atoms with van der Waals surface area (Å²) >= 11 is 3.59. The Morgan fingerprint density at radius 1 is 0.575 bits per heavy atom. The van der Waals surface area contributed by atoms with Crippen molar-refractivity contribution in [3.05, 3.63) is 69.4 Å². The molecule has 0 bridgehead atoms. The third kappa shape index (κ3) is 13.6. The molecule has 0 spiro atoms. The molecule has 2 unspecified atom stereocenters. The quantitative estimate of drug-likeness (QED) is 0.135. The maximum absolute atomic E-state index is 11.4. The summed E-state index contributed by atoms with van der Waals surface area (Å²) < 4.78 is 3.97. The van der Waals surface area contributed by atoms with Gasteiger partial charge in [0.15, 0.2) is 10.3 Å². The van der Waals surface area contributed by atoms with E-state index in [9.17, 15) is 14.4 Å². The van der Waals surface area contributed by atoms with Crippen LogP contribution in [-0.2, 0) is 40.8 Å². The largest absolute Gasteiger partial charge is 0.394 e. The highest BCUT2D eigenvalue weighted by atomic mass is 35.5. The number of nitrogens with zero attached hydrogens (tertiary/aromatic N) is 6. The smallest absolute Gasteiger partial charge is 0.310 e. The van der Waals surface area contributed by atoms with Crippen molar-refractivity contribution >= 4 is 63.2 Å². The number of piperidine rings is 2. The molecule has 10 rings (SSSR count). The molecule has 12 nitrogen and oxygen atoms in total. The summed E-state index contributed by atoms with van der Waals surface area (Å²) in [5, 5.41) is 9.93. The van der Waals surface area contributed by atoms with Crippen LogP contribution in [0.4, 0.5) is 10.3 Å². The molecule has 400 valence electrons. The number of halogens is 1. The minimum absolute atomic E-state index is 0. The fraction of sp³-hybridized carbons (Fsp3) is 0.638. The second-order valence-electron chi connectivity index (χ2n) is 24.3. The molecule has 73 heavy (non-hydrogen) atoms. The summed E-state index contributed by atoms with van der Waals surface area (Å²) in [5.41, 5.74) is 17.9. The van der Waals surface area contributed by atoms with Crippen LogP contribution >= 0.6 is 35.1 Å². The van der Waals surface area contributed by atoms with Crippen molar-refractivity contribution < 1.29 is 19.1 Å². The molecule has 2 aromatic carbocycles. The van der Waals surface area contributed by atoms with Gasteiger partial charge in [0.05, 0.1) is 11.4 Å². The van der Waals surface area contributed by atoms with Gasteiger partial charge in [0.2, 0.25) is 5.91 Å². The first-order valence-electron chi connectivity index (χ1n) is 26.9. The van der Waals surface area contributed by atoms with E-state index in [4.69, 9.17) is 15.7 Å². The second kappa shape index (κ2) is 23.1. The van der Waals surface area contributed by atoms with Gasteiger partial charge >= 0.3 is 11.9 Å². The number of benzene rings is 2. The lowest BCUT2D eigenvalue weighted by Gasteiger charge is -2.42. The molecule has 4 aromatic rings. The Labute approximate surface area is 451 Å². The molecule has 2 aromatic heterocycles. The van der Waals surface area contributed by atoms with Crippen LogP contribution in [0, 0.1) is 0 Å². The molecular formula is C58H85ClN8O4S2. The van der Waals surface area contributed by atoms with E-state index in [0.29, 0.717) is 24.2 Å². The van der Waals surface area contributed by atoms with Gasteiger partial charge in [0, 0.05) is 119 Å². The highest BCUT2D eigenvalue weighted by molar-refractivity contribution is 7.14. The van der Waals surface area contributed by atoms with E-state index >= 15 is 0 Å². The zero-order valence-electron chi connectivity index (χ0n) is 45.8. The minimum atomic E-state index is -0.562. The summed E-state index contributed by atoms with van der Waals surface area (Å²) in [7, 11) is 0. The topological polar surface area (TPSA) is 137 Å². The first-order valence-corrected chi connectivity index (χ1v) is 28.7. The molecule has 15 heteroatoms. The van der Waals surface area contributed by atoms with Crippen LogP contribution in [-0.4, -0.2) is 114 Å². The SMILES string of the molecule is CC(=O)NC1CCN(C2CCN(c3nc(-c4ccc5c(c4)C(C)(C)CCC5(C)C)cs3)CC2)C1.CC(=O)OC(C)=O.CC1(C)CCC(C)(C)c2cc(-c3csc(N4CCC(N5CCC(N)C5)CC4)n3)ccc21.Cl. The lowest BCUT2D eigenvalue weighted by molar-refractivity contribution is -0.156. The fourth-order valence-electron chi connectivity index (χ4n) is 12.3. The maximum Gasteiger partial charge on any atom is 0.310 e. The highest BCUT2D eigenvalue weighted by Crippen LogP contribution is 2.48. The van der Waals surface area contributed by atoms with Crippen LogP contribution in [0.5, 0.6) is 0 Å². The number of likely N-dealkylation sites (tertiary alicyclic amines) is 2. The van der Waals surface area contributed by atoms with Crippen molar-refractivity contribution in [2.24, 2.45) is 5.73 Å². The zero-order valence-corrected chi connectivity index (χ0v) is 48.2. The van der Waals surface area contributed by atoms with Crippen molar-refractivity contribution in [1.82, 2.24) is 25.1 Å². The Morgan fingerprint density at radius 3 is 1.34 bits per heavy atom. The van der Waals surface area contributed by atoms with Crippen molar-refractivity contribution in [2.45, 2.75) is 186 Å². The van der Waals surface area contributed by atoms with Gasteiger partial charge in [0.1, 0.15) is 0 Å². The van der Waals surface area contributed by atoms with Gasteiger partial charge < -0.3 is 25.6 Å². The Morgan fingerprint density at radius 2 is 0.973 bits per heavy atom. The monoisotopic (exact) mass is 1060 g/mol. The number of nitrogens with two attached hydrogens (primary N) is 1. The Kier molecular flexibility index (Phi) is 18.0. The highest BCUT2D eigenvalue weighted by Gasteiger charge is 2.39. The van der Waals surface area contributed by atoms with Gasteiger partial charge in [-0.05, 0) is 120 Å². The van der Waals surface area contributed by atoms with Crippen molar-refractivity contribution in [3.63, 3.8) is 0 Å². The summed E-state index contributed by atoms with van der Waals surface area (Å²) in [6.07, 6.45) is 12.0. The van der Waals surface area contributed by atoms with E-state index in [-0.39, 0.29) is 40.0 Å². The molecule has 6 heterocycles. The van der Waals surface area contributed by atoms with E-state index in [1.165, 1.54) is 110 Å². The van der Waals surface area contributed by atoms with Gasteiger partial charge in [-0.25, -0.2) is 9.97 Å². The molecule has 0 radical (unpaired) electrons. The number of carbonyl (C=O) groups excluding carboxylic acids is 3. The second-order valence-corrected chi connectivity index (χ2v) is 26.0. The summed E-state index contributed by atoms with van der Waals surface area (Å²) in [4.78, 5) is 51.3. The first kappa shape index (κ1) is 56.8. The number of hydrogen-bond donors (Lipinski definition) is 2. The number of hydrogen-bond acceptors (Lipinski definition) is 13. The molecule has 1 amide bonds. The average molecular weight is 1060 g/mol. The molecule has 0 saturated carbocycles. The van der Waals surface area contributed by atoms with Gasteiger partial charge in [-0.1, -0.05) is 79.7 Å². The van der Waals surface area contributed by atoms with Gasteiger partial charge in [0.25, 0.3) is 0 Å². The standard InChI is InChI=1S/C28H40N4OS.C26H38N4S.C4H6O3.ClH/c1-19(33)29-21-8-13-32(17-21)22-9-14-31(15-10-22)26-30-25(18-34-26)20-6-7-23-24(16-20)28(4,5)12-11-27(23,2)3;1-25(2)10-11-26(3,4)22-15-18(5-6-21(22)25)23-17-31-24(28-23)29-13-8-20(9-14-29)30-12-7-19(27)16-30;1-3(5)7-4(2)6;/h6-7,16,18,21-22H,8-15,17H2,1-5H3,(H,29,33);5-6,15,17,19-20H,7-14,16,27H2,1-4H3;1-2H3;1H. The van der Waals surface area contributed by atoms with Crippen LogP contribution in [0.1, 0.15) is 163 Å². The van der Waals surface area contributed by atoms with Crippen molar-refractivity contribution in [1.29, 1.82) is 0 Å².